The van der Waals surface area contributed by atoms with Gasteiger partial charge in [-0.05, 0) is 24.6 Å². The molecule has 3 aromatic heterocycles. The summed E-state index contributed by atoms with van der Waals surface area (Å²) in [4.78, 5) is 8.10. The normalized spacial score (nSPS) is 11.1. The maximum atomic E-state index is 13.6. The van der Waals surface area contributed by atoms with Crippen LogP contribution in [0.1, 0.15) is 5.56 Å². The molecule has 6 heteroatoms. The molecule has 21 heavy (non-hydrogen) atoms. The first-order chi connectivity index (χ1) is 10.0. The molecule has 0 aromatic carbocycles. The maximum absolute atomic E-state index is 13.6. The number of ether oxygens (including phenoxy) is 1. The molecule has 0 atom stereocenters. The third-order valence-electron chi connectivity index (χ3n) is 3.57. The number of methoxy groups -OCH3 is 1. The van der Waals surface area contributed by atoms with Gasteiger partial charge in [0.15, 0.2) is 0 Å². The van der Waals surface area contributed by atoms with Crippen molar-refractivity contribution >= 4 is 22.5 Å². The van der Waals surface area contributed by atoms with Crippen molar-refractivity contribution < 1.29 is 9.13 Å². The molecule has 3 heterocycles. The molecule has 4 nitrogen and oxygen atoms in total. The van der Waals surface area contributed by atoms with Crippen LogP contribution in [0.15, 0.2) is 24.5 Å². The monoisotopic (exact) mass is 305 g/mol. The van der Waals surface area contributed by atoms with Gasteiger partial charge in [-0.25, -0.2) is 14.4 Å². The Hall–Kier alpha value is -2.14. The molecule has 0 aliphatic rings. The second-order valence-electron chi connectivity index (χ2n) is 4.77. The van der Waals surface area contributed by atoms with E-state index >= 15 is 0 Å². The van der Waals surface area contributed by atoms with E-state index in [0.29, 0.717) is 16.6 Å². The Balaban J connectivity index is 2.38. The second-order valence-corrected chi connectivity index (χ2v) is 5.15. The van der Waals surface area contributed by atoms with Crippen LogP contribution in [0.25, 0.3) is 22.2 Å². The van der Waals surface area contributed by atoms with Gasteiger partial charge in [-0.1, -0.05) is 11.6 Å². The Morgan fingerprint density at radius 2 is 2.00 bits per heavy atom. The van der Waals surface area contributed by atoms with Crippen molar-refractivity contribution in [2.24, 2.45) is 7.05 Å². The molecule has 0 aliphatic carbocycles. The Kier molecular flexibility index (Phi) is 3.29. The van der Waals surface area contributed by atoms with Crippen LogP contribution in [0, 0.1) is 12.7 Å². The minimum atomic E-state index is -0.411. The van der Waals surface area contributed by atoms with E-state index in [1.807, 2.05) is 18.5 Å². The highest BCUT2D eigenvalue weighted by atomic mass is 35.5. The van der Waals surface area contributed by atoms with Crippen LogP contribution >= 0.6 is 11.6 Å². The molecule has 0 bridgehead atoms. The van der Waals surface area contributed by atoms with Crippen molar-refractivity contribution in [1.82, 2.24) is 14.5 Å². The zero-order valence-electron chi connectivity index (χ0n) is 11.8. The summed E-state index contributed by atoms with van der Waals surface area (Å²) in [5.41, 5.74) is 3.33. The number of aryl methyl sites for hydroxylation is 2. The van der Waals surface area contributed by atoms with Crippen LogP contribution in [0.4, 0.5) is 4.39 Å². The largest absolute Gasteiger partial charge is 0.481 e. The Bertz CT molecular complexity index is 845. The van der Waals surface area contributed by atoms with Crippen molar-refractivity contribution in [1.29, 1.82) is 0 Å². The standard InChI is InChI=1S/C15H13ClFN3O/c1-8-11-7-18-13(16)5-12(11)20(2)14(8)10-4-9(17)6-19-15(10)21-3/h4-7H,1-3H3. The Morgan fingerprint density at radius 1 is 1.24 bits per heavy atom. The SMILES string of the molecule is COc1ncc(F)cc1-c1c(C)c2cnc(Cl)cc2n1C. The smallest absolute Gasteiger partial charge is 0.222 e. The van der Waals surface area contributed by atoms with E-state index in [4.69, 9.17) is 16.3 Å². The first-order valence-electron chi connectivity index (χ1n) is 6.33. The fraction of sp³-hybridized carbons (Fsp3) is 0.200. The molecular weight excluding hydrogens is 293 g/mol. The summed E-state index contributed by atoms with van der Waals surface area (Å²) < 4.78 is 20.8. The van der Waals surface area contributed by atoms with E-state index < -0.39 is 5.82 Å². The lowest BCUT2D eigenvalue weighted by Gasteiger charge is -2.10. The van der Waals surface area contributed by atoms with Crippen LogP contribution in [-0.4, -0.2) is 21.6 Å². The maximum Gasteiger partial charge on any atom is 0.222 e. The van der Waals surface area contributed by atoms with Crippen molar-refractivity contribution in [2.45, 2.75) is 6.92 Å². The van der Waals surface area contributed by atoms with Crippen LogP contribution in [-0.2, 0) is 7.05 Å². The van der Waals surface area contributed by atoms with E-state index in [1.54, 1.807) is 12.3 Å². The lowest BCUT2D eigenvalue weighted by molar-refractivity contribution is 0.397. The Labute approximate surface area is 126 Å². The van der Waals surface area contributed by atoms with Gasteiger partial charge in [0.05, 0.1) is 30.1 Å². The van der Waals surface area contributed by atoms with Gasteiger partial charge in [0.25, 0.3) is 0 Å². The molecule has 0 radical (unpaired) electrons. The number of hydrogen-bond donors (Lipinski definition) is 0. The van der Waals surface area contributed by atoms with Crippen molar-refractivity contribution in [3.63, 3.8) is 0 Å². The first kappa shape index (κ1) is 13.8. The minimum absolute atomic E-state index is 0.379. The average Bonchev–Trinajstić information content (AvgIpc) is 2.70. The number of rotatable bonds is 2. The summed E-state index contributed by atoms with van der Waals surface area (Å²) in [6.07, 6.45) is 2.86. The van der Waals surface area contributed by atoms with E-state index in [9.17, 15) is 4.39 Å². The van der Waals surface area contributed by atoms with E-state index in [0.717, 1.165) is 28.4 Å². The van der Waals surface area contributed by atoms with Crippen LogP contribution in [0.3, 0.4) is 0 Å². The molecule has 0 N–H and O–H groups in total. The molecule has 0 unspecified atom stereocenters. The highest BCUT2D eigenvalue weighted by molar-refractivity contribution is 6.30. The molecule has 0 aliphatic heterocycles. The molecule has 3 aromatic rings. The van der Waals surface area contributed by atoms with Gasteiger partial charge in [-0.3, -0.25) is 0 Å². The molecule has 0 fully saturated rings. The summed E-state index contributed by atoms with van der Waals surface area (Å²) >= 11 is 5.96. The van der Waals surface area contributed by atoms with Crippen molar-refractivity contribution in [3.8, 4) is 17.1 Å². The van der Waals surface area contributed by atoms with Gasteiger partial charge in [0, 0.05) is 18.6 Å². The van der Waals surface area contributed by atoms with Crippen LogP contribution in [0.5, 0.6) is 5.88 Å². The number of halogens is 2. The zero-order valence-corrected chi connectivity index (χ0v) is 12.6. The number of nitrogens with zero attached hydrogens (tertiary/aromatic N) is 3. The summed E-state index contributed by atoms with van der Waals surface area (Å²) in [5.74, 6) is -0.0314. The molecule has 3 rings (SSSR count). The number of aromatic nitrogens is 3. The van der Waals surface area contributed by atoms with Gasteiger partial charge in [0.1, 0.15) is 11.0 Å². The molecule has 108 valence electrons. The minimum Gasteiger partial charge on any atom is -0.481 e. The number of hydrogen-bond acceptors (Lipinski definition) is 3. The number of fused-ring (bicyclic) bond motifs is 1. The molecule has 0 amide bonds. The molecular formula is C15H13ClFN3O. The average molecular weight is 306 g/mol. The fourth-order valence-electron chi connectivity index (χ4n) is 2.63. The zero-order chi connectivity index (χ0) is 15.1. The van der Waals surface area contributed by atoms with E-state index in [1.165, 1.54) is 13.2 Å². The van der Waals surface area contributed by atoms with E-state index in [2.05, 4.69) is 9.97 Å². The summed E-state index contributed by atoms with van der Waals surface area (Å²) in [7, 11) is 3.41. The van der Waals surface area contributed by atoms with Crippen LogP contribution < -0.4 is 4.74 Å². The summed E-state index contributed by atoms with van der Waals surface area (Å²) in [6.45, 7) is 1.96. The lowest BCUT2D eigenvalue weighted by atomic mass is 10.1. The predicted octanol–water partition coefficient (Wildman–Crippen LogP) is 3.74. The summed E-state index contributed by atoms with van der Waals surface area (Å²) in [5, 5.41) is 1.38. The Morgan fingerprint density at radius 3 is 2.71 bits per heavy atom. The van der Waals surface area contributed by atoms with Crippen molar-refractivity contribution in [3.05, 3.63) is 41.1 Å². The lowest BCUT2D eigenvalue weighted by Crippen LogP contribution is -1.98. The quantitative estimate of drug-likeness (QED) is 0.677. The van der Waals surface area contributed by atoms with Gasteiger partial charge in [-0.15, -0.1) is 0 Å². The van der Waals surface area contributed by atoms with Crippen LogP contribution in [0.2, 0.25) is 5.15 Å². The third kappa shape index (κ3) is 2.14. The third-order valence-corrected chi connectivity index (χ3v) is 3.78. The highest BCUT2D eigenvalue weighted by Gasteiger charge is 2.19. The predicted molar refractivity (Wildman–Crippen MR) is 80.2 cm³/mol. The van der Waals surface area contributed by atoms with Crippen molar-refractivity contribution in [2.75, 3.05) is 7.11 Å². The van der Waals surface area contributed by atoms with Gasteiger partial charge < -0.3 is 9.30 Å². The second kappa shape index (κ2) is 5.00. The van der Waals surface area contributed by atoms with Gasteiger partial charge in [-0.2, -0.15) is 0 Å². The fourth-order valence-corrected chi connectivity index (χ4v) is 2.78. The van der Waals surface area contributed by atoms with E-state index in [-0.39, 0.29) is 0 Å². The molecule has 0 saturated heterocycles. The number of pyridine rings is 2. The topological polar surface area (TPSA) is 39.9 Å². The summed E-state index contributed by atoms with van der Waals surface area (Å²) in [6, 6.07) is 3.20. The molecule has 0 saturated carbocycles. The van der Waals surface area contributed by atoms with Gasteiger partial charge >= 0.3 is 0 Å². The molecule has 0 spiro atoms. The first-order valence-corrected chi connectivity index (χ1v) is 6.71. The van der Waals surface area contributed by atoms with Gasteiger partial charge in [0.2, 0.25) is 5.88 Å². The highest BCUT2D eigenvalue weighted by Crippen LogP contribution is 2.36.